The van der Waals surface area contributed by atoms with Crippen molar-refractivity contribution in [3.63, 3.8) is 0 Å². The Morgan fingerprint density at radius 3 is 2.10 bits per heavy atom. The topological polar surface area (TPSA) is 52.4 Å². The highest BCUT2D eigenvalue weighted by atomic mass is 16.6. The number of hydrogen-bond acceptors (Lipinski definition) is 3. The van der Waals surface area contributed by atoms with Crippen LogP contribution in [-0.4, -0.2) is 4.92 Å². The van der Waals surface area contributed by atoms with Crippen LogP contribution in [0.4, 0.5) is 5.69 Å². The first kappa shape index (κ1) is 15.0. The molecule has 21 heavy (non-hydrogen) atoms. The largest absolute Gasteiger partial charge is 0.489 e. The fourth-order valence-electron chi connectivity index (χ4n) is 2.07. The third-order valence-electron chi connectivity index (χ3n) is 3.12. The van der Waals surface area contributed by atoms with Gasteiger partial charge in [-0.3, -0.25) is 10.1 Å². The maximum atomic E-state index is 10.6. The van der Waals surface area contributed by atoms with Crippen LogP contribution in [-0.2, 0) is 13.0 Å². The lowest BCUT2D eigenvalue weighted by Gasteiger charge is -2.08. The maximum Gasteiger partial charge on any atom is 0.269 e. The van der Waals surface area contributed by atoms with Gasteiger partial charge in [0.25, 0.3) is 5.69 Å². The van der Waals surface area contributed by atoms with E-state index >= 15 is 0 Å². The molecule has 0 radical (unpaired) electrons. The Bertz CT molecular complexity index is 588. The number of ether oxygens (including phenoxy) is 1. The number of nitro benzene ring substituents is 1. The molecule has 0 aliphatic carbocycles. The molecule has 0 unspecified atom stereocenters. The van der Waals surface area contributed by atoms with Crippen molar-refractivity contribution < 1.29 is 9.66 Å². The van der Waals surface area contributed by atoms with E-state index in [4.69, 9.17) is 4.74 Å². The zero-order chi connectivity index (χ0) is 15.2. The highest BCUT2D eigenvalue weighted by Gasteiger charge is 2.04. The van der Waals surface area contributed by atoms with Crippen LogP contribution in [0.5, 0.6) is 5.75 Å². The summed E-state index contributed by atoms with van der Waals surface area (Å²) >= 11 is 0. The average Bonchev–Trinajstić information content (AvgIpc) is 2.46. The zero-order valence-electron chi connectivity index (χ0n) is 12.3. The van der Waals surface area contributed by atoms with Gasteiger partial charge in [0.05, 0.1) is 4.92 Å². The Balaban J connectivity index is 1.91. The van der Waals surface area contributed by atoms with E-state index in [1.807, 2.05) is 0 Å². The van der Waals surface area contributed by atoms with Crippen LogP contribution in [0, 0.1) is 16.0 Å². The second kappa shape index (κ2) is 6.88. The summed E-state index contributed by atoms with van der Waals surface area (Å²) in [6, 6.07) is 14.5. The van der Waals surface area contributed by atoms with Gasteiger partial charge >= 0.3 is 0 Å². The fourth-order valence-corrected chi connectivity index (χ4v) is 2.07. The van der Waals surface area contributed by atoms with Crippen LogP contribution in [0.3, 0.4) is 0 Å². The lowest BCUT2D eigenvalue weighted by molar-refractivity contribution is -0.384. The van der Waals surface area contributed by atoms with Crippen LogP contribution in [0.1, 0.15) is 25.0 Å². The van der Waals surface area contributed by atoms with Gasteiger partial charge in [-0.25, -0.2) is 0 Å². The quantitative estimate of drug-likeness (QED) is 0.585. The van der Waals surface area contributed by atoms with E-state index in [1.165, 1.54) is 17.7 Å². The zero-order valence-corrected chi connectivity index (χ0v) is 12.3. The monoisotopic (exact) mass is 285 g/mol. The minimum Gasteiger partial charge on any atom is -0.489 e. The standard InChI is InChI=1S/C17H19NO3/c1-13(2)11-14-3-5-15(6-4-14)12-21-17-9-7-16(8-10-17)18(19)20/h3-10,13H,11-12H2,1-2H3. The maximum absolute atomic E-state index is 10.6. The summed E-state index contributed by atoms with van der Waals surface area (Å²) in [5.41, 5.74) is 2.48. The molecule has 0 spiro atoms. The smallest absolute Gasteiger partial charge is 0.269 e. The summed E-state index contributed by atoms with van der Waals surface area (Å²) in [7, 11) is 0. The van der Waals surface area contributed by atoms with Crippen molar-refractivity contribution >= 4 is 5.69 Å². The lowest BCUT2D eigenvalue weighted by Crippen LogP contribution is -1.97. The number of non-ortho nitro benzene ring substituents is 1. The molecule has 2 rings (SSSR count). The summed E-state index contributed by atoms with van der Waals surface area (Å²) in [4.78, 5) is 10.1. The molecule has 110 valence electrons. The van der Waals surface area contributed by atoms with Gasteiger partial charge in [-0.15, -0.1) is 0 Å². The van der Waals surface area contributed by atoms with Crippen LogP contribution < -0.4 is 4.74 Å². The van der Waals surface area contributed by atoms with Gasteiger partial charge in [0.2, 0.25) is 0 Å². The van der Waals surface area contributed by atoms with Gasteiger partial charge in [-0.05, 0) is 35.6 Å². The third-order valence-corrected chi connectivity index (χ3v) is 3.12. The predicted molar refractivity (Wildman–Crippen MR) is 82.4 cm³/mol. The molecule has 2 aromatic carbocycles. The van der Waals surface area contributed by atoms with Crippen molar-refractivity contribution in [2.24, 2.45) is 5.92 Å². The van der Waals surface area contributed by atoms with Crippen LogP contribution >= 0.6 is 0 Å². The molecule has 4 nitrogen and oxygen atoms in total. The molecule has 0 fully saturated rings. The highest BCUT2D eigenvalue weighted by Crippen LogP contribution is 2.18. The molecule has 0 heterocycles. The van der Waals surface area contributed by atoms with Crippen molar-refractivity contribution in [1.82, 2.24) is 0 Å². The van der Waals surface area contributed by atoms with Gasteiger partial charge in [-0.2, -0.15) is 0 Å². The van der Waals surface area contributed by atoms with E-state index < -0.39 is 4.92 Å². The Morgan fingerprint density at radius 1 is 1.00 bits per heavy atom. The lowest BCUT2D eigenvalue weighted by atomic mass is 10.0. The molecular formula is C17H19NO3. The molecule has 0 aliphatic rings. The van der Waals surface area contributed by atoms with Crippen LogP contribution in [0.2, 0.25) is 0 Å². The summed E-state index contributed by atoms with van der Waals surface area (Å²) in [6.07, 6.45) is 1.07. The highest BCUT2D eigenvalue weighted by molar-refractivity contribution is 5.36. The van der Waals surface area contributed by atoms with E-state index in [9.17, 15) is 10.1 Å². The summed E-state index contributed by atoms with van der Waals surface area (Å²) in [6.45, 7) is 4.86. The predicted octanol–water partition coefficient (Wildman–Crippen LogP) is 4.37. The number of hydrogen-bond donors (Lipinski definition) is 0. The van der Waals surface area contributed by atoms with Gasteiger partial charge in [0.15, 0.2) is 0 Å². The summed E-state index contributed by atoms with van der Waals surface area (Å²) in [5, 5.41) is 10.6. The van der Waals surface area contributed by atoms with Gasteiger partial charge < -0.3 is 4.74 Å². The summed E-state index contributed by atoms with van der Waals surface area (Å²) < 4.78 is 5.63. The van der Waals surface area contributed by atoms with E-state index in [0.29, 0.717) is 18.3 Å². The van der Waals surface area contributed by atoms with Gasteiger partial charge in [-0.1, -0.05) is 38.1 Å². The molecule has 0 amide bonds. The number of nitro groups is 1. The average molecular weight is 285 g/mol. The second-order valence-electron chi connectivity index (χ2n) is 5.45. The Kier molecular flexibility index (Phi) is 4.93. The molecule has 0 bridgehead atoms. The van der Waals surface area contributed by atoms with Crippen molar-refractivity contribution in [2.45, 2.75) is 26.9 Å². The normalized spacial score (nSPS) is 10.6. The molecule has 0 atom stereocenters. The first-order valence-corrected chi connectivity index (χ1v) is 6.99. The van der Waals surface area contributed by atoms with E-state index in [1.54, 1.807) is 12.1 Å². The number of benzene rings is 2. The van der Waals surface area contributed by atoms with E-state index in [2.05, 4.69) is 38.1 Å². The number of rotatable bonds is 6. The van der Waals surface area contributed by atoms with E-state index in [-0.39, 0.29) is 5.69 Å². The first-order chi connectivity index (χ1) is 10.0. The molecule has 4 heteroatoms. The molecule has 0 N–H and O–H groups in total. The SMILES string of the molecule is CC(C)Cc1ccc(COc2ccc([N+](=O)[O-])cc2)cc1. The fraction of sp³-hybridized carbons (Fsp3) is 0.294. The van der Waals surface area contributed by atoms with Crippen molar-refractivity contribution in [3.05, 3.63) is 69.8 Å². The summed E-state index contributed by atoms with van der Waals surface area (Å²) in [5.74, 6) is 1.28. The number of nitrogens with zero attached hydrogens (tertiary/aromatic N) is 1. The molecular weight excluding hydrogens is 266 g/mol. The van der Waals surface area contributed by atoms with Gasteiger partial charge in [0.1, 0.15) is 12.4 Å². The second-order valence-corrected chi connectivity index (χ2v) is 5.45. The minimum absolute atomic E-state index is 0.0698. The molecule has 0 aromatic heterocycles. The van der Waals surface area contributed by atoms with Crippen molar-refractivity contribution in [2.75, 3.05) is 0 Å². The van der Waals surface area contributed by atoms with Crippen LogP contribution in [0.15, 0.2) is 48.5 Å². The van der Waals surface area contributed by atoms with Crippen LogP contribution in [0.25, 0.3) is 0 Å². The minimum atomic E-state index is -0.419. The van der Waals surface area contributed by atoms with E-state index in [0.717, 1.165) is 12.0 Å². The molecule has 2 aromatic rings. The molecule has 0 saturated carbocycles. The molecule has 0 aliphatic heterocycles. The first-order valence-electron chi connectivity index (χ1n) is 6.99. The van der Waals surface area contributed by atoms with Crippen molar-refractivity contribution in [1.29, 1.82) is 0 Å². The van der Waals surface area contributed by atoms with Gasteiger partial charge in [0, 0.05) is 12.1 Å². The Hall–Kier alpha value is -2.36. The Labute approximate surface area is 124 Å². The molecule has 0 saturated heterocycles. The van der Waals surface area contributed by atoms with Crippen molar-refractivity contribution in [3.8, 4) is 5.75 Å². The Morgan fingerprint density at radius 2 is 1.57 bits per heavy atom. The third kappa shape index (κ3) is 4.60.